The van der Waals surface area contributed by atoms with E-state index in [2.05, 4.69) is 32.7 Å². The van der Waals surface area contributed by atoms with Crippen molar-refractivity contribution in [1.29, 1.82) is 0 Å². The molecule has 3 rings (SSSR count). The van der Waals surface area contributed by atoms with Crippen LogP contribution in [0.2, 0.25) is 0 Å². The highest BCUT2D eigenvalue weighted by atomic mass is 16.7. The molecule has 1 saturated carbocycles. The Hall–Kier alpha value is -1.07. The molecule has 1 aromatic rings. The Balaban J connectivity index is 1.72. The first kappa shape index (κ1) is 15.8. The Labute approximate surface area is 133 Å². The summed E-state index contributed by atoms with van der Waals surface area (Å²) in [7, 11) is -0.360. The topological polar surface area (TPSA) is 40.6 Å². The molecule has 0 radical (unpaired) electrons. The number of aromatic nitrogens is 1. The Morgan fingerprint density at radius 1 is 1.09 bits per heavy atom. The first-order valence-corrected chi connectivity index (χ1v) is 8.36. The van der Waals surface area contributed by atoms with Gasteiger partial charge in [0.25, 0.3) is 0 Å². The fraction of sp³-hybridized carbons (Fsp3) is 0.706. The third kappa shape index (κ3) is 3.16. The van der Waals surface area contributed by atoms with Crippen molar-refractivity contribution in [2.24, 2.45) is 0 Å². The van der Waals surface area contributed by atoms with E-state index in [-0.39, 0.29) is 18.3 Å². The first-order valence-electron chi connectivity index (χ1n) is 8.36. The summed E-state index contributed by atoms with van der Waals surface area (Å²) in [6, 6.07) is 3.90. The molecule has 1 saturated heterocycles. The van der Waals surface area contributed by atoms with Gasteiger partial charge in [-0.15, -0.1) is 0 Å². The molecule has 0 N–H and O–H groups in total. The average Bonchev–Trinajstić information content (AvgIpc) is 2.69. The summed E-state index contributed by atoms with van der Waals surface area (Å²) < 4.78 is 18.2. The molecular formula is C17H26BNO3. The Kier molecular flexibility index (Phi) is 4.21. The van der Waals surface area contributed by atoms with Crippen LogP contribution < -0.4 is 10.2 Å². The summed E-state index contributed by atoms with van der Waals surface area (Å²) >= 11 is 0. The van der Waals surface area contributed by atoms with Gasteiger partial charge in [-0.25, -0.2) is 4.98 Å². The molecule has 4 nitrogen and oxygen atoms in total. The van der Waals surface area contributed by atoms with Crippen molar-refractivity contribution in [3.8, 4) is 5.88 Å². The van der Waals surface area contributed by atoms with Crippen LogP contribution >= 0.6 is 0 Å². The maximum Gasteiger partial charge on any atom is 0.495 e. The fourth-order valence-corrected chi connectivity index (χ4v) is 2.97. The lowest BCUT2D eigenvalue weighted by molar-refractivity contribution is 0.00578. The summed E-state index contributed by atoms with van der Waals surface area (Å²) in [5, 5.41) is 0. The van der Waals surface area contributed by atoms with Crippen LogP contribution in [-0.2, 0) is 9.31 Å². The molecular weight excluding hydrogens is 277 g/mol. The normalized spacial score (nSPS) is 24.5. The molecule has 22 heavy (non-hydrogen) atoms. The fourth-order valence-electron chi connectivity index (χ4n) is 2.97. The van der Waals surface area contributed by atoms with Gasteiger partial charge in [0.15, 0.2) is 0 Å². The van der Waals surface area contributed by atoms with Gasteiger partial charge in [-0.3, -0.25) is 0 Å². The predicted molar refractivity (Wildman–Crippen MR) is 87.5 cm³/mol. The van der Waals surface area contributed by atoms with Gasteiger partial charge in [0.1, 0.15) is 6.10 Å². The van der Waals surface area contributed by atoms with Crippen LogP contribution in [0.25, 0.3) is 0 Å². The zero-order chi connectivity index (χ0) is 15.8. The van der Waals surface area contributed by atoms with Gasteiger partial charge in [-0.05, 0) is 64.9 Å². The van der Waals surface area contributed by atoms with Crippen molar-refractivity contribution in [1.82, 2.24) is 4.98 Å². The van der Waals surface area contributed by atoms with Gasteiger partial charge in [0.2, 0.25) is 5.88 Å². The van der Waals surface area contributed by atoms with E-state index in [1.807, 2.05) is 12.1 Å². The van der Waals surface area contributed by atoms with E-state index in [4.69, 9.17) is 14.0 Å². The van der Waals surface area contributed by atoms with Gasteiger partial charge in [-0.2, -0.15) is 0 Å². The van der Waals surface area contributed by atoms with Crippen LogP contribution in [0.4, 0.5) is 0 Å². The van der Waals surface area contributed by atoms with Crippen molar-refractivity contribution in [2.75, 3.05) is 0 Å². The molecule has 2 heterocycles. The van der Waals surface area contributed by atoms with Crippen LogP contribution in [0.15, 0.2) is 18.3 Å². The van der Waals surface area contributed by atoms with Crippen molar-refractivity contribution in [3.05, 3.63) is 18.3 Å². The quantitative estimate of drug-likeness (QED) is 0.805. The molecule has 0 atom stereocenters. The van der Waals surface area contributed by atoms with Crippen LogP contribution in [0.1, 0.15) is 59.8 Å². The summed E-state index contributed by atoms with van der Waals surface area (Å²) in [5.74, 6) is 0.680. The van der Waals surface area contributed by atoms with Gasteiger partial charge in [0, 0.05) is 12.3 Å². The summed E-state index contributed by atoms with van der Waals surface area (Å²) in [6.45, 7) is 8.25. The molecule has 1 aliphatic carbocycles. The molecule has 0 unspecified atom stereocenters. The highest BCUT2D eigenvalue weighted by molar-refractivity contribution is 6.62. The largest absolute Gasteiger partial charge is 0.495 e. The molecule has 120 valence electrons. The number of hydrogen-bond donors (Lipinski definition) is 0. The van der Waals surface area contributed by atoms with Crippen LogP contribution in [0.5, 0.6) is 5.88 Å². The van der Waals surface area contributed by atoms with Gasteiger partial charge < -0.3 is 14.0 Å². The molecule has 0 aromatic carbocycles. The monoisotopic (exact) mass is 303 g/mol. The van der Waals surface area contributed by atoms with Gasteiger partial charge in [0.05, 0.1) is 11.2 Å². The second-order valence-electron chi connectivity index (χ2n) is 7.39. The molecule has 1 aliphatic heterocycles. The lowest BCUT2D eigenvalue weighted by Crippen LogP contribution is -2.41. The van der Waals surface area contributed by atoms with Crippen molar-refractivity contribution in [2.45, 2.75) is 77.1 Å². The Bertz CT molecular complexity index is 510. The third-order valence-electron chi connectivity index (χ3n) is 5.12. The number of nitrogens with zero attached hydrogens (tertiary/aromatic N) is 1. The van der Waals surface area contributed by atoms with Crippen LogP contribution in [-0.4, -0.2) is 29.4 Å². The maximum absolute atomic E-state index is 6.09. The van der Waals surface area contributed by atoms with Crippen LogP contribution in [0, 0.1) is 0 Å². The zero-order valence-electron chi connectivity index (χ0n) is 14.1. The van der Waals surface area contributed by atoms with E-state index in [9.17, 15) is 0 Å². The minimum Gasteiger partial charge on any atom is -0.474 e. The van der Waals surface area contributed by atoms with Gasteiger partial charge in [-0.1, -0.05) is 6.42 Å². The number of rotatable bonds is 3. The molecule has 2 aliphatic rings. The van der Waals surface area contributed by atoms with E-state index in [0.29, 0.717) is 12.0 Å². The van der Waals surface area contributed by atoms with E-state index >= 15 is 0 Å². The third-order valence-corrected chi connectivity index (χ3v) is 5.12. The van der Waals surface area contributed by atoms with Crippen molar-refractivity contribution < 1.29 is 14.0 Å². The second kappa shape index (κ2) is 5.86. The van der Waals surface area contributed by atoms with Gasteiger partial charge >= 0.3 is 7.12 Å². The lowest BCUT2D eigenvalue weighted by atomic mass is 9.80. The summed E-state index contributed by atoms with van der Waals surface area (Å²) in [5.41, 5.74) is 0.316. The molecule has 5 heteroatoms. The smallest absolute Gasteiger partial charge is 0.474 e. The number of hydrogen-bond acceptors (Lipinski definition) is 4. The van der Waals surface area contributed by atoms with Crippen LogP contribution in [0.3, 0.4) is 0 Å². The summed E-state index contributed by atoms with van der Waals surface area (Å²) in [4.78, 5) is 4.34. The highest BCUT2D eigenvalue weighted by Crippen LogP contribution is 2.36. The Morgan fingerprint density at radius 2 is 1.73 bits per heavy atom. The van der Waals surface area contributed by atoms with E-state index in [1.165, 1.54) is 19.3 Å². The zero-order valence-corrected chi connectivity index (χ0v) is 14.1. The minimum absolute atomic E-state index is 0.301. The molecule has 0 amide bonds. The molecule has 1 aromatic heterocycles. The minimum atomic E-state index is -0.360. The highest BCUT2D eigenvalue weighted by Gasteiger charge is 2.51. The molecule has 2 fully saturated rings. The average molecular weight is 303 g/mol. The van der Waals surface area contributed by atoms with Crippen molar-refractivity contribution in [3.63, 3.8) is 0 Å². The standard InChI is InChI=1S/C17H26BNO3/c1-16(2)17(3,4)22-18(21-16)13-10-11-19-15(12-13)20-14-8-6-5-7-9-14/h10-12,14H,5-9H2,1-4H3. The maximum atomic E-state index is 6.09. The van der Waals surface area contributed by atoms with E-state index in [1.54, 1.807) is 6.20 Å². The van der Waals surface area contributed by atoms with Crippen molar-refractivity contribution >= 4 is 12.6 Å². The number of pyridine rings is 1. The molecule has 0 bridgehead atoms. The SMILES string of the molecule is CC1(C)OB(c2ccnc(OC3CCCCC3)c2)OC1(C)C. The lowest BCUT2D eigenvalue weighted by Gasteiger charge is -2.32. The number of ether oxygens (including phenoxy) is 1. The van der Waals surface area contributed by atoms with E-state index in [0.717, 1.165) is 18.3 Å². The second-order valence-corrected chi connectivity index (χ2v) is 7.39. The predicted octanol–water partition coefficient (Wildman–Crippen LogP) is 3.09. The summed E-state index contributed by atoms with van der Waals surface area (Å²) in [6.07, 6.45) is 8.16. The first-order chi connectivity index (χ1) is 10.4. The molecule has 0 spiro atoms. The Morgan fingerprint density at radius 3 is 2.36 bits per heavy atom. The van der Waals surface area contributed by atoms with E-state index < -0.39 is 0 Å².